The molecular formula is C12H17N3O2. The molecule has 0 aliphatic carbocycles. The van der Waals surface area contributed by atoms with Crippen molar-refractivity contribution in [2.75, 3.05) is 23.7 Å². The number of nitrogens with zero attached hydrogens (tertiary/aromatic N) is 2. The molecule has 1 fully saturated rings. The Bertz CT molecular complexity index is 434. The zero-order valence-electron chi connectivity index (χ0n) is 9.89. The van der Waals surface area contributed by atoms with Crippen LogP contribution in [0.4, 0.5) is 11.5 Å². The van der Waals surface area contributed by atoms with Crippen molar-refractivity contribution >= 4 is 17.5 Å². The number of aryl methyl sites for hydroxylation is 1. The molecule has 5 nitrogen and oxygen atoms in total. The van der Waals surface area contributed by atoms with Crippen molar-refractivity contribution in [1.82, 2.24) is 4.98 Å². The number of nitrogens with two attached hydrogens (primary N) is 1. The van der Waals surface area contributed by atoms with E-state index in [-0.39, 0.29) is 5.92 Å². The number of carbonyl (C=O) groups is 1. The van der Waals surface area contributed by atoms with Crippen molar-refractivity contribution in [3.8, 4) is 0 Å². The third-order valence-corrected chi connectivity index (χ3v) is 3.14. The highest BCUT2D eigenvalue weighted by molar-refractivity contribution is 5.71. The molecule has 0 saturated carbocycles. The van der Waals surface area contributed by atoms with Gasteiger partial charge in [0.05, 0.1) is 17.8 Å². The molecule has 0 amide bonds. The second-order valence-electron chi connectivity index (χ2n) is 4.53. The number of hydrogen-bond acceptors (Lipinski definition) is 4. The molecule has 1 unspecified atom stereocenters. The van der Waals surface area contributed by atoms with Gasteiger partial charge in [0.1, 0.15) is 5.82 Å². The van der Waals surface area contributed by atoms with Crippen LogP contribution in [0.3, 0.4) is 0 Å². The number of nitrogen functional groups attached to an aromatic ring is 1. The van der Waals surface area contributed by atoms with Crippen molar-refractivity contribution in [2.24, 2.45) is 5.92 Å². The predicted molar refractivity (Wildman–Crippen MR) is 66.0 cm³/mol. The molecule has 1 aromatic rings. The molecule has 5 heteroatoms. The lowest BCUT2D eigenvalue weighted by atomic mass is 9.98. The SMILES string of the molecule is Cc1cc(N)cnc1N1CCCC(C(=O)O)C1. The van der Waals surface area contributed by atoms with Crippen LogP contribution in [0.5, 0.6) is 0 Å². The summed E-state index contributed by atoms with van der Waals surface area (Å²) < 4.78 is 0. The maximum Gasteiger partial charge on any atom is 0.308 e. The number of pyridine rings is 1. The maximum atomic E-state index is 11.0. The monoisotopic (exact) mass is 235 g/mol. The van der Waals surface area contributed by atoms with Gasteiger partial charge in [-0.2, -0.15) is 0 Å². The normalized spacial score (nSPS) is 20.3. The van der Waals surface area contributed by atoms with Crippen LogP contribution in [0, 0.1) is 12.8 Å². The summed E-state index contributed by atoms with van der Waals surface area (Å²) in [5.41, 5.74) is 7.29. The first-order chi connectivity index (χ1) is 8.08. The minimum absolute atomic E-state index is 0.289. The van der Waals surface area contributed by atoms with Gasteiger partial charge in [-0.3, -0.25) is 4.79 Å². The van der Waals surface area contributed by atoms with E-state index in [1.807, 2.05) is 17.9 Å². The Morgan fingerprint density at radius 3 is 3.06 bits per heavy atom. The summed E-state index contributed by atoms with van der Waals surface area (Å²) in [6.07, 6.45) is 3.26. The highest BCUT2D eigenvalue weighted by atomic mass is 16.4. The van der Waals surface area contributed by atoms with Gasteiger partial charge in [-0.25, -0.2) is 4.98 Å². The molecule has 1 aliphatic heterocycles. The quantitative estimate of drug-likeness (QED) is 0.807. The summed E-state index contributed by atoms with van der Waals surface area (Å²) in [5, 5.41) is 9.05. The van der Waals surface area contributed by atoms with Gasteiger partial charge in [-0.15, -0.1) is 0 Å². The van der Waals surface area contributed by atoms with Crippen molar-refractivity contribution in [2.45, 2.75) is 19.8 Å². The van der Waals surface area contributed by atoms with Crippen LogP contribution in [0.15, 0.2) is 12.3 Å². The van der Waals surface area contributed by atoms with E-state index in [1.54, 1.807) is 6.20 Å². The fourth-order valence-corrected chi connectivity index (χ4v) is 2.29. The minimum atomic E-state index is -0.720. The lowest BCUT2D eigenvalue weighted by Gasteiger charge is -2.32. The summed E-state index contributed by atoms with van der Waals surface area (Å²) in [6, 6.07) is 1.87. The standard InChI is InChI=1S/C12H17N3O2/c1-8-5-10(13)6-14-11(8)15-4-2-3-9(7-15)12(16)17/h5-6,9H,2-4,7,13H2,1H3,(H,16,17). The molecule has 1 atom stereocenters. The van der Waals surface area contributed by atoms with Gasteiger partial charge in [0.15, 0.2) is 0 Å². The molecular weight excluding hydrogens is 218 g/mol. The number of carboxylic acid groups (broad SMARTS) is 1. The number of hydrogen-bond donors (Lipinski definition) is 2. The van der Waals surface area contributed by atoms with Crippen LogP contribution in [-0.2, 0) is 4.79 Å². The predicted octanol–water partition coefficient (Wildman–Crippen LogP) is 1.27. The molecule has 2 heterocycles. The van der Waals surface area contributed by atoms with Gasteiger partial charge < -0.3 is 15.7 Å². The second kappa shape index (κ2) is 4.61. The molecule has 0 bridgehead atoms. The summed E-state index contributed by atoms with van der Waals surface area (Å²) >= 11 is 0. The van der Waals surface area contributed by atoms with E-state index in [9.17, 15) is 4.79 Å². The van der Waals surface area contributed by atoms with Crippen LogP contribution in [0.2, 0.25) is 0 Å². The Morgan fingerprint density at radius 2 is 2.41 bits per heavy atom. The zero-order chi connectivity index (χ0) is 12.4. The van der Waals surface area contributed by atoms with Crippen LogP contribution in [0.25, 0.3) is 0 Å². The molecule has 3 N–H and O–H groups in total. The zero-order valence-corrected chi connectivity index (χ0v) is 9.89. The second-order valence-corrected chi connectivity index (χ2v) is 4.53. The Kier molecular flexibility index (Phi) is 3.17. The maximum absolute atomic E-state index is 11.0. The fourth-order valence-electron chi connectivity index (χ4n) is 2.29. The summed E-state index contributed by atoms with van der Waals surface area (Å²) in [6.45, 7) is 3.34. The van der Waals surface area contributed by atoms with E-state index in [0.717, 1.165) is 30.8 Å². The topological polar surface area (TPSA) is 79.5 Å². The van der Waals surface area contributed by atoms with E-state index in [2.05, 4.69) is 4.98 Å². The first-order valence-corrected chi connectivity index (χ1v) is 5.78. The lowest BCUT2D eigenvalue weighted by molar-refractivity contribution is -0.141. The van der Waals surface area contributed by atoms with Crippen molar-refractivity contribution in [3.05, 3.63) is 17.8 Å². The van der Waals surface area contributed by atoms with Crippen LogP contribution in [-0.4, -0.2) is 29.1 Å². The smallest absolute Gasteiger partial charge is 0.308 e. The number of rotatable bonds is 2. The Morgan fingerprint density at radius 1 is 1.65 bits per heavy atom. The van der Waals surface area contributed by atoms with E-state index in [1.165, 1.54) is 0 Å². The van der Waals surface area contributed by atoms with E-state index in [4.69, 9.17) is 10.8 Å². The van der Waals surface area contributed by atoms with E-state index in [0.29, 0.717) is 12.2 Å². The molecule has 0 spiro atoms. The van der Waals surface area contributed by atoms with Crippen LogP contribution in [0.1, 0.15) is 18.4 Å². The fraction of sp³-hybridized carbons (Fsp3) is 0.500. The molecule has 0 aromatic carbocycles. The number of carboxylic acids is 1. The summed E-state index contributed by atoms with van der Waals surface area (Å²) in [4.78, 5) is 17.3. The number of aromatic nitrogens is 1. The molecule has 0 radical (unpaired) electrons. The van der Waals surface area contributed by atoms with Gasteiger partial charge >= 0.3 is 5.97 Å². The third kappa shape index (κ3) is 2.49. The summed E-state index contributed by atoms with van der Waals surface area (Å²) in [5.74, 6) is -0.157. The molecule has 92 valence electrons. The number of aliphatic carboxylic acids is 1. The highest BCUT2D eigenvalue weighted by Crippen LogP contribution is 2.25. The van der Waals surface area contributed by atoms with Crippen molar-refractivity contribution in [1.29, 1.82) is 0 Å². The number of anilines is 2. The number of piperidine rings is 1. The lowest BCUT2D eigenvalue weighted by Crippen LogP contribution is -2.39. The third-order valence-electron chi connectivity index (χ3n) is 3.14. The highest BCUT2D eigenvalue weighted by Gasteiger charge is 2.26. The van der Waals surface area contributed by atoms with Gasteiger partial charge in [0.2, 0.25) is 0 Å². The van der Waals surface area contributed by atoms with Crippen molar-refractivity contribution in [3.63, 3.8) is 0 Å². The van der Waals surface area contributed by atoms with Gasteiger partial charge in [-0.05, 0) is 31.4 Å². The Hall–Kier alpha value is -1.78. The Labute approximate surface area is 100 Å². The first-order valence-electron chi connectivity index (χ1n) is 5.78. The van der Waals surface area contributed by atoms with Crippen LogP contribution >= 0.6 is 0 Å². The van der Waals surface area contributed by atoms with E-state index < -0.39 is 5.97 Å². The molecule has 1 aliphatic rings. The van der Waals surface area contributed by atoms with Gasteiger partial charge in [0, 0.05) is 13.1 Å². The molecule has 17 heavy (non-hydrogen) atoms. The van der Waals surface area contributed by atoms with E-state index >= 15 is 0 Å². The average Bonchev–Trinajstić information content (AvgIpc) is 2.29. The first kappa shape index (κ1) is 11.7. The van der Waals surface area contributed by atoms with Crippen LogP contribution < -0.4 is 10.6 Å². The molecule has 1 aromatic heterocycles. The molecule has 1 saturated heterocycles. The molecule has 2 rings (SSSR count). The summed E-state index contributed by atoms with van der Waals surface area (Å²) in [7, 11) is 0. The van der Waals surface area contributed by atoms with Crippen molar-refractivity contribution < 1.29 is 9.90 Å². The Balaban J connectivity index is 2.19. The van der Waals surface area contributed by atoms with Gasteiger partial charge in [0.25, 0.3) is 0 Å². The largest absolute Gasteiger partial charge is 0.481 e. The average molecular weight is 235 g/mol. The van der Waals surface area contributed by atoms with Gasteiger partial charge in [-0.1, -0.05) is 0 Å². The minimum Gasteiger partial charge on any atom is -0.481 e.